The van der Waals surface area contributed by atoms with Crippen LogP contribution >= 0.6 is 0 Å². The van der Waals surface area contributed by atoms with Gasteiger partial charge in [0.05, 0.1) is 16.4 Å². The van der Waals surface area contributed by atoms with Gasteiger partial charge in [-0.25, -0.2) is 16.8 Å². The molecule has 1 aliphatic rings. The lowest BCUT2D eigenvalue weighted by molar-refractivity contribution is 0.104. The first-order valence-electron chi connectivity index (χ1n) is 7.75. The van der Waals surface area contributed by atoms with Crippen LogP contribution in [0.15, 0.2) is 74.9 Å². The first-order chi connectivity index (χ1) is 12.3. The van der Waals surface area contributed by atoms with Gasteiger partial charge in [0.25, 0.3) is 10.0 Å². The fourth-order valence-corrected chi connectivity index (χ4v) is 4.49. The number of hydrogen-bond acceptors (Lipinski definition) is 5. The standard InChI is InChI=1S/C18H15NO5S2/c1-2-25(21,22)19-16-12-17(18(20)15-11-7-6-10-14(15)16)26(23,24)13-8-4-3-5-9-13/h3-12H,2H2,1H3/b19-16+. The van der Waals surface area contributed by atoms with Crippen molar-refractivity contribution >= 4 is 31.4 Å². The number of sulfonamides is 1. The summed E-state index contributed by atoms with van der Waals surface area (Å²) in [5.74, 6) is -0.918. The van der Waals surface area contributed by atoms with Crippen LogP contribution < -0.4 is 0 Å². The van der Waals surface area contributed by atoms with Gasteiger partial charge in [-0.05, 0) is 25.1 Å². The number of allylic oxidation sites excluding steroid dienone is 2. The highest BCUT2D eigenvalue weighted by Crippen LogP contribution is 2.29. The van der Waals surface area contributed by atoms with Gasteiger partial charge in [0.1, 0.15) is 4.91 Å². The number of Topliss-reactive ketones (excluding diaryl/α,β-unsaturated/α-hetero) is 1. The van der Waals surface area contributed by atoms with Crippen LogP contribution in [0.4, 0.5) is 0 Å². The maximum Gasteiger partial charge on any atom is 0.253 e. The molecule has 6 nitrogen and oxygen atoms in total. The second-order valence-corrected chi connectivity index (χ2v) is 9.39. The number of sulfone groups is 1. The lowest BCUT2D eigenvalue weighted by Crippen LogP contribution is -2.23. The van der Waals surface area contributed by atoms with Crippen LogP contribution in [0.5, 0.6) is 0 Å². The minimum Gasteiger partial charge on any atom is -0.288 e. The van der Waals surface area contributed by atoms with Gasteiger partial charge in [-0.15, -0.1) is 0 Å². The molecule has 1 aliphatic carbocycles. The average Bonchev–Trinajstić information content (AvgIpc) is 2.64. The number of carbonyl (C=O) groups excluding carboxylic acids is 1. The van der Waals surface area contributed by atoms with E-state index in [0.717, 1.165) is 6.08 Å². The Morgan fingerprint density at radius 2 is 1.42 bits per heavy atom. The zero-order valence-corrected chi connectivity index (χ0v) is 15.4. The maximum atomic E-state index is 12.9. The summed E-state index contributed by atoms with van der Waals surface area (Å²) >= 11 is 0. The predicted molar refractivity (Wildman–Crippen MR) is 98.5 cm³/mol. The Morgan fingerprint density at radius 3 is 2.04 bits per heavy atom. The zero-order chi connectivity index (χ0) is 18.9. The number of fused-ring (bicyclic) bond motifs is 1. The molecule has 0 aromatic heterocycles. The highest BCUT2D eigenvalue weighted by molar-refractivity contribution is 7.96. The van der Waals surface area contributed by atoms with E-state index in [9.17, 15) is 21.6 Å². The molecule has 0 atom stereocenters. The van der Waals surface area contributed by atoms with Gasteiger partial charge in [-0.2, -0.15) is 4.40 Å². The molecule has 0 saturated carbocycles. The third-order valence-corrected chi connectivity index (χ3v) is 6.86. The van der Waals surface area contributed by atoms with E-state index in [0.29, 0.717) is 5.56 Å². The fraction of sp³-hybridized carbons (Fsp3) is 0.111. The number of carbonyl (C=O) groups is 1. The normalized spacial score (nSPS) is 16.3. The molecule has 0 N–H and O–H groups in total. The van der Waals surface area contributed by atoms with E-state index < -0.39 is 30.5 Å². The average molecular weight is 389 g/mol. The van der Waals surface area contributed by atoms with Crippen molar-refractivity contribution in [3.63, 3.8) is 0 Å². The molecule has 3 rings (SSSR count). The van der Waals surface area contributed by atoms with E-state index in [1.807, 2.05) is 0 Å². The van der Waals surface area contributed by atoms with Gasteiger partial charge < -0.3 is 0 Å². The van der Waals surface area contributed by atoms with Crippen LogP contribution in [0.3, 0.4) is 0 Å². The number of nitrogens with zero attached hydrogens (tertiary/aromatic N) is 1. The quantitative estimate of drug-likeness (QED) is 0.800. The zero-order valence-electron chi connectivity index (χ0n) is 13.8. The van der Waals surface area contributed by atoms with Gasteiger partial charge in [0.2, 0.25) is 15.6 Å². The molecular formula is C18H15NO5S2. The molecule has 0 heterocycles. The molecule has 0 radical (unpaired) electrons. The summed E-state index contributed by atoms with van der Waals surface area (Å²) in [6, 6.07) is 13.7. The molecule has 0 bridgehead atoms. The van der Waals surface area contributed by atoms with Crippen LogP contribution in [0, 0.1) is 0 Å². The number of benzene rings is 2. The van der Waals surface area contributed by atoms with Crippen LogP contribution in [0.2, 0.25) is 0 Å². The van der Waals surface area contributed by atoms with Gasteiger partial charge in [-0.3, -0.25) is 4.79 Å². The largest absolute Gasteiger partial charge is 0.288 e. The highest BCUT2D eigenvalue weighted by atomic mass is 32.2. The Labute approximate surface area is 151 Å². The number of ketones is 1. The van der Waals surface area contributed by atoms with Crippen LogP contribution in [-0.4, -0.2) is 34.1 Å². The van der Waals surface area contributed by atoms with Crippen molar-refractivity contribution in [3.05, 3.63) is 76.7 Å². The van der Waals surface area contributed by atoms with Crippen molar-refractivity contribution in [2.24, 2.45) is 4.40 Å². The van der Waals surface area contributed by atoms with Crippen LogP contribution in [0.25, 0.3) is 0 Å². The summed E-state index contributed by atoms with van der Waals surface area (Å²) in [7, 11) is -7.89. The van der Waals surface area contributed by atoms with E-state index in [-0.39, 0.29) is 21.9 Å². The first-order valence-corrected chi connectivity index (χ1v) is 10.8. The van der Waals surface area contributed by atoms with Gasteiger partial charge in [0, 0.05) is 11.1 Å². The Hall–Kier alpha value is -2.58. The van der Waals surface area contributed by atoms with Crippen LogP contribution in [0.1, 0.15) is 22.8 Å². The smallest absolute Gasteiger partial charge is 0.253 e. The molecule has 2 aromatic rings. The Bertz CT molecular complexity index is 1150. The van der Waals surface area contributed by atoms with E-state index in [1.54, 1.807) is 36.4 Å². The Balaban J connectivity index is 2.27. The highest BCUT2D eigenvalue weighted by Gasteiger charge is 2.34. The minimum atomic E-state index is -4.11. The first kappa shape index (κ1) is 18.2. The fourth-order valence-electron chi connectivity index (χ4n) is 2.52. The Kier molecular flexibility index (Phi) is 4.64. The van der Waals surface area contributed by atoms with Crippen molar-refractivity contribution in [1.82, 2.24) is 0 Å². The van der Waals surface area contributed by atoms with E-state index in [4.69, 9.17) is 0 Å². The summed E-state index contributed by atoms with van der Waals surface area (Å²) in [6.07, 6.45) is 1.04. The topological polar surface area (TPSA) is 97.7 Å². The van der Waals surface area contributed by atoms with E-state index in [2.05, 4.69) is 4.40 Å². The van der Waals surface area contributed by atoms with E-state index in [1.165, 1.54) is 25.1 Å². The minimum absolute atomic E-state index is 0.0447. The molecule has 0 spiro atoms. The van der Waals surface area contributed by atoms with Gasteiger partial charge in [0.15, 0.2) is 0 Å². The molecule has 0 fully saturated rings. The van der Waals surface area contributed by atoms with Crippen LogP contribution in [-0.2, 0) is 19.9 Å². The van der Waals surface area contributed by atoms with Crippen molar-refractivity contribution in [2.75, 3.05) is 5.75 Å². The summed E-state index contributed by atoms with van der Waals surface area (Å²) in [5.41, 5.74) is 0.340. The molecule has 26 heavy (non-hydrogen) atoms. The van der Waals surface area contributed by atoms with Gasteiger partial charge >= 0.3 is 0 Å². The maximum absolute atomic E-state index is 12.9. The summed E-state index contributed by atoms with van der Waals surface area (Å²) < 4.78 is 53.4. The van der Waals surface area contributed by atoms with Crippen molar-refractivity contribution in [2.45, 2.75) is 11.8 Å². The molecule has 0 amide bonds. The van der Waals surface area contributed by atoms with E-state index >= 15 is 0 Å². The van der Waals surface area contributed by atoms with Crippen molar-refractivity contribution in [1.29, 1.82) is 0 Å². The monoisotopic (exact) mass is 389 g/mol. The lowest BCUT2D eigenvalue weighted by atomic mass is 9.94. The summed E-state index contributed by atoms with van der Waals surface area (Å²) in [5, 5.41) is 0. The van der Waals surface area contributed by atoms with Crippen molar-refractivity contribution in [3.8, 4) is 0 Å². The third-order valence-electron chi connectivity index (χ3n) is 3.88. The Morgan fingerprint density at radius 1 is 0.846 bits per heavy atom. The van der Waals surface area contributed by atoms with Gasteiger partial charge in [-0.1, -0.05) is 42.5 Å². The summed E-state index contributed by atoms with van der Waals surface area (Å²) in [4.78, 5) is 12.2. The van der Waals surface area contributed by atoms with Crippen molar-refractivity contribution < 1.29 is 21.6 Å². The molecule has 0 aliphatic heterocycles. The number of rotatable bonds is 4. The molecule has 0 unspecified atom stereocenters. The second kappa shape index (κ2) is 6.62. The predicted octanol–water partition coefficient (Wildman–Crippen LogP) is 2.38. The third kappa shape index (κ3) is 3.25. The second-order valence-electron chi connectivity index (χ2n) is 5.55. The lowest BCUT2D eigenvalue weighted by Gasteiger charge is -2.17. The molecule has 134 valence electrons. The molecule has 8 heteroatoms. The summed E-state index contributed by atoms with van der Waals surface area (Å²) in [6.45, 7) is 1.44. The number of hydrogen-bond donors (Lipinski definition) is 0. The molecular weight excluding hydrogens is 374 g/mol. The molecule has 0 saturated heterocycles. The molecule has 2 aromatic carbocycles. The SMILES string of the molecule is CCS(=O)(=O)/N=C1\C=C(S(=O)(=O)c2ccccc2)C(=O)c2ccccc21.